The van der Waals surface area contributed by atoms with E-state index in [2.05, 4.69) is 21.7 Å². The lowest BCUT2D eigenvalue weighted by Gasteiger charge is -2.29. The molecule has 1 aliphatic carbocycles. The summed E-state index contributed by atoms with van der Waals surface area (Å²) in [4.78, 5) is 28.3. The monoisotopic (exact) mass is 365 g/mol. The molecule has 1 aromatic rings. The van der Waals surface area contributed by atoms with Crippen LogP contribution >= 0.6 is 0 Å². The van der Waals surface area contributed by atoms with E-state index in [1.54, 1.807) is 0 Å². The number of nitrogens with one attached hydrogen (secondary N) is 2. The number of benzene rings is 1. The minimum atomic E-state index is -1.17. The molecule has 3 N–H and O–H groups in total. The highest BCUT2D eigenvalue weighted by Gasteiger charge is 2.33. The summed E-state index contributed by atoms with van der Waals surface area (Å²) in [6, 6.07) is 9.32. The largest absolute Gasteiger partial charge is 0.377 e. The van der Waals surface area contributed by atoms with Crippen molar-refractivity contribution in [1.82, 2.24) is 10.6 Å². The van der Waals surface area contributed by atoms with Gasteiger partial charge in [-0.15, -0.1) is 0 Å². The van der Waals surface area contributed by atoms with Gasteiger partial charge in [0.2, 0.25) is 5.91 Å². The van der Waals surface area contributed by atoms with Crippen LogP contribution < -0.4 is 10.6 Å². The van der Waals surface area contributed by atoms with Gasteiger partial charge in [0.25, 0.3) is 0 Å². The van der Waals surface area contributed by atoms with Gasteiger partial charge in [0.05, 0.1) is 6.04 Å². The van der Waals surface area contributed by atoms with Crippen molar-refractivity contribution < 1.29 is 14.7 Å². The summed E-state index contributed by atoms with van der Waals surface area (Å²) in [7, 11) is 0. The number of aliphatic imine (C=N–C) groups is 1. The van der Waals surface area contributed by atoms with Crippen LogP contribution in [0.2, 0.25) is 0 Å². The fourth-order valence-corrected chi connectivity index (χ4v) is 3.06. The van der Waals surface area contributed by atoms with E-state index < -0.39 is 18.3 Å². The molecule has 4 atom stereocenters. The zero-order valence-corrected chi connectivity index (χ0v) is 15.1. The van der Waals surface area contributed by atoms with Crippen molar-refractivity contribution in [2.45, 2.75) is 31.8 Å². The molecule has 0 bridgehead atoms. The van der Waals surface area contributed by atoms with Crippen LogP contribution in [0.25, 0.3) is 0 Å². The van der Waals surface area contributed by atoms with Crippen molar-refractivity contribution >= 4 is 17.9 Å². The van der Waals surface area contributed by atoms with Crippen LogP contribution in [0, 0.1) is 5.92 Å². The van der Waals surface area contributed by atoms with Gasteiger partial charge in [0, 0.05) is 6.21 Å². The number of allylic oxidation sites excluding steroid dienone is 4. The van der Waals surface area contributed by atoms with Gasteiger partial charge in [-0.25, -0.2) is 0 Å². The summed E-state index contributed by atoms with van der Waals surface area (Å²) in [5.74, 6) is -1.45. The lowest BCUT2D eigenvalue weighted by atomic mass is 9.96. The summed E-state index contributed by atoms with van der Waals surface area (Å²) < 4.78 is 0. The molecule has 1 aliphatic heterocycles. The molecule has 0 aromatic heterocycles. The van der Waals surface area contributed by atoms with Crippen LogP contribution in [0.15, 0.2) is 71.3 Å². The molecule has 0 saturated heterocycles. The number of nitrogens with zero attached hydrogens (tertiary/aromatic N) is 1. The van der Waals surface area contributed by atoms with Gasteiger partial charge >= 0.3 is 0 Å². The maximum Gasteiger partial charge on any atom is 0.233 e. The normalized spacial score (nSPS) is 25.4. The first kappa shape index (κ1) is 18.9. The van der Waals surface area contributed by atoms with Crippen molar-refractivity contribution in [3.63, 3.8) is 0 Å². The fourth-order valence-electron chi connectivity index (χ4n) is 3.06. The first-order chi connectivity index (χ1) is 13.1. The Kier molecular flexibility index (Phi) is 6.11. The summed E-state index contributed by atoms with van der Waals surface area (Å²) in [6.07, 6.45) is 10.1. The quantitative estimate of drug-likeness (QED) is 0.742. The van der Waals surface area contributed by atoms with Gasteiger partial charge in [-0.05, 0) is 24.5 Å². The summed E-state index contributed by atoms with van der Waals surface area (Å²) in [6.45, 7) is 1.38. The fraction of sp³-hybridized carbons (Fsp3) is 0.286. The van der Waals surface area contributed by atoms with Gasteiger partial charge in [-0.1, -0.05) is 60.7 Å². The first-order valence-corrected chi connectivity index (χ1v) is 8.92. The van der Waals surface area contributed by atoms with Gasteiger partial charge in [0.1, 0.15) is 12.1 Å². The Morgan fingerprint density at radius 1 is 1.26 bits per heavy atom. The molecule has 6 heteroatoms. The lowest BCUT2D eigenvalue weighted by molar-refractivity contribution is -0.129. The second-order valence-electron chi connectivity index (χ2n) is 6.53. The number of Topliss-reactive ketones (excluding diaryl/α,β-unsaturated/α-hetero) is 1. The van der Waals surface area contributed by atoms with E-state index in [4.69, 9.17) is 0 Å². The Bertz CT molecular complexity index is 811. The number of aliphatic hydroxyl groups is 1. The molecule has 27 heavy (non-hydrogen) atoms. The number of ketones is 1. The number of hydrogen-bond donors (Lipinski definition) is 3. The predicted octanol–water partition coefficient (Wildman–Crippen LogP) is 1.81. The summed E-state index contributed by atoms with van der Waals surface area (Å²) in [5, 5.41) is 15.9. The smallest absolute Gasteiger partial charge is 0.233 e. The van der Waals surface area contributed by atoms with Crippen LogP contribution in [-0.4, -0.2) is 35.4 Å². The minimum absolute atomic E-state index is 0.215. The third-order valence-electron chi connectivity index (χ3n) is 4.53. The highest BCUT2D eigenvalue weighted by Crippen LogP contribution is 2.25. The van der Waals surface area contributed by atoms with Crippen molar-refractivity contribution in [1.29, 1.82) is 0 Å². The minimum Gasteiger partial charge on any atom is -0.377 e. The lowest BCUT2D eigenvalue weighted by Crippen LogP contribution is -2.54. The molecule has 140 valence electrons. The van der Waals surface area contributed by atoms with E-state index in [-0.39, 0.29) is 17.7 Å². The number of amides is 1. The molecule has 4 unspecified atom stereocenters. The van der Waals surface area contributed by atoms with E-state index in [9.17, 15) is 14.7 Å². The van der Waals surface area contributed by atoms with E-state index in [0.29, 0.717) is 0 Å². The number of hydrogen-bond acceptors (Lipinski definition) is 5. The highest BCUT2D eigenvalue weighted by molar-refractivity contribution is 5.96. The standard InChI is InChI=1S/C21H23N3O3/c1-14(25)19-22-13-17(21(27)24-19)20(26)23-18(16-11-7-4-8-12-16)15-9-5-2-3-6-10-15/h2-5,7-13,17-19,21,24,27H,6H2,1H3,(H,23,26). The van der Waals surface area contributed by atoms with E-state index in [1.807, 2.05) is 54.6 Å². The molecular weight excluding hydrogens is 342 g/mol. The van der Waals surface area contributed by atoms with Crippen LogP contribution in [0.5, 0.6) is 0 Å². The predicted molar refractivity (Wildman–Crippen MR) is 104 cm³/mol. The van der Waals surface area contributed by atoms with Crippen molar-refractivity contribution in [2.24, 2.45) is 10.9 Å². The molecule has 6 nitrogen and oxygen atoms in total. The number of carbonyl (C=O) groups is 2. The molecule has 2 aliphatic rings. The first-order valence-electron chi connectivity index (χ1n) is 8.92. The maximum absolute atomic E-state index is 12.8. The molecule has 0 radical (unpaired) electrons. The second kappa shape index (κ2) is 8.70. The van der Waals surface area contributed by atoms with Crippen molar-refractivity contribution in [3.8, 4) is 0 Å². The number of rotatable bonds is 5. The topological polar surface area (TPSA) is 90.8 Å². The molecule has 0 fully saturated rings. The molecule has 1 heterocycles. The maximum atomic E-state index is 12.8. The van der Waals surface area contributed by atoms with Crippen LogP contribution in [0.4, 0.5) is 0 Å². The van der Waals surface area contributed by atoms with Gasteiger partial charge in [-0.2, -0.15) is 0 Å². The zero-order valence-electron chi connectivity index (χ0n) is 15.1. The average Bonchev–Trinajstić information content (AvgIpc) is 2.95. The number of aliphatic hydroxyl groups excluding tert-OH is 1. The van der Waals surface area contributed by atoms with E-state index in [0.717, 1.165) is 17.6 Å². The Morgan fingerprint density at radius 2 is 2.04 bits per heavy atom. The highest BCUT2D eigenvalue weighted by atomic mass is 16.3. The molecule has 0 saturated carbocycles. The van der Waals surface area contributed by atoms with Gasteiger partial charge in [-0.3, -0.25) is 19.9 Å². The molecule has 1 aromatic carbocycles. The Balaban J connectivity index is 1.82. The van der Waals surface area contributed by atoms with Gasteiger partial charge in [0.15, 0.2) is 11.9 Å². The Labute approximate surface area is 158 Å². The van der Waals surface area contributed by atoms with Crippen molar-refractivity contribution in [2.75, 3.05) is 0 Å². The summed E-state index contributed by atoms with van der Waals surface area (Å²) in [5.41, 5.74) is 1.91. The molecule has 0 spiro atoms. The number of carbonyl (C=O) groups excluding carboxylic acids is 2. The average molecular weight is 365 g/mol. The molecule has 1 amide bonds. The van der Waals surface area contributed by atoms with E-state index in [1.165, 1.54) is 13.1 Å². The van der Waals surface area contributed by atoms with Crippen molar-refractivity contribution in [3.05, 3.63) is 71.8 Å². The SMILES string of the molecule is CC(=O)C1N=CC(C(=O)NC(C2=CCC=CC=C2)c2ccccc2)C(O)N1. The zero-order chi connectivity index (χ0) is 19.2. The van der Waals surface area contributed by atoms with E-state index >= 15 is 0 Å². The Morgan fingerprint density at radius 3 is 2.74 bits per heavy atom. The van der Waals surface area contributed by atoms with Crippen LogP contribution in [-0.2, 0) is 9.59 Å². The third kappa shape index (κ3) is 4.67. The molecule has 3 rings (SSSR count). The second-order valence-corrected chi connectivity index (χ2v) is 6.53. The summed E-state index contributed by atoms with van der Waals surface area (Å²) >= 11 is 0. The Hall–Kier alpha value is -2.83. The molecular formula is C21H23N3O3. The van der Waals surface area contributed by atoms with Crippen LogP contribution in [0.1, 0.15) is 24.9 Å². The third-order valence-corrected chi connectivity index (χ3v) is 4.53. The van der Waals surface area contributed by atoms with Crippen LogP contribution in [0.3, 0.4) is 0 Å². The van der Waals surface area contributed by atoms with Gasteiger partial charge < -0.3 is 10.4 Å².